The normalized spacial score (nSPS) is 15.2. The molecule has 3 aromatic carbocycles. The van der Waals surface area contributed by atoms with Gasteiger partial charge in [0.15, 0.2) is 0 Å². The lowest BCUT2D eigenvalue weighted by Gasteiger charge is -2.37. The van der Waals surface area contributed by atoms with E-state index in [9.17, 15) is 13.2 Å². The summed E-state index contributed by atoms with van der Waals surface area (Å²) < 4.78 is 33.4. The molecule has 0 bridgehead atoms. The van der Waals surface area contributed by atoms with Crippen LogP contribution in [0.2, 0.25) is 0 Å². The number of benzene rings is 3. The van der Waals surface area contributed by atoms with Crippen molar-refractivity contribution in [1.29, 1.82) is 0 Å². The van der Waals surface area contributed by atoms with Crippen LogP contribution in [0.4, 0.5) is 5.69 Å². The molecule has 0 radical (unpaired) electrons. The molecular formula is C27H31N3O4S. The van der Waals surface area contributed by atoms with Crippen LogP contribution in [0.25, 0.3) is 0 Å². The summed E-state index contributed by atoms with van der Waals surface area (Å²) in [5.41, 5.74) is 1.88. The van der Waals surface area contributed by atoms with Crippen LogP contribution < -0.4 is 9.64 Å². The van der Waals surface area contributed by atoms with Gasteiger partial charge in [-0.2, -0.15) is 4.31 Å². The summed E-state index contributed by atoms with van der Waals surface area (Å²) in [7, 11) is -0.680. The van der Waals surface area contributed by atoms with Gasteiger partial charge in [-0.3, -0.25) is 4.79 Å². The van der Waals surface area contributed by atoms with Gasteiger partial charge in [0.25, 0.3) is 0 Å². The van der Waals surface area contributed by atoms with Crippen LogP contribution in [-0.4, -0.2) is 63.9 Å². The third-order valence-corrected chi connectivity index (χ3v) is 8.36. The minimum atomic E-state index is -3.80. The van der Waals surface area contributed by atoms with Crippen molar-refractivity contribution in [3.63, 3.8) is 0 Å². The van der Waals surface area contributed by atoms with E-state index in [-0.39, 0.29) is 17.2 Å². The fourth-order valence-corrected chi connectivity index (χ4v) is 5.72. The number of hydrogen-bond donors (Lipinski definition) is 0. The van der Waals surface area contributed by atoms with Gasteiger partial charge in [-0.05, 0) is 42.0 Å². The number of methoxy groups -OCH3 is 1. The molecule has 1 saturated heterocycles. The van der Waals surface area contributed by atoms with Gasteiger partial charge in [-0.15, -0.1) is 0 Å². The van der Waals surface area contributed by atoms with Crippen molar-refractivity contribution in [2.75, 3.05) is 45.2 Å². The van der Waals surface area contributed by atoms with E-state index >= 15 is 0 Å². The summed E-state index contributed by atoms with van der Waals surface area (Å²) >= 11 is 0. The number of amides is 1. The Labute approximate surface area is 207 Å². The molecule has 1 heterocycles. The first-order valence-corrected chi connectivity index (χ1v) is 13.1. The maximum Gasteiger partial charge on any atom is 0.243 e. The van der Waals surface area contributed by atoms with E-state index in [0.717, 1.165) is 24.3 Å². The van der Waals surface area contributed by atoms with E-state index in [0.29, 0.717) is 18.8 Å². The number of piperazine rings is 1. The first kappa shape index (κ1) is 24.8. The van der Waals surface area contributed by atoms with Gasteiger partial charge in [-0.1, -0.05) is 48.5 Å². The Balaban J connectivity index is 1.53. The Morgan fingerprint density at radius 1 is 0.886 bits per heavy atom. The van der Waals surface area contributed by atoms with Gasteiger partial charge in [0, 0.05) is 45.3 Å². The second kappa shape index (κ2) is 10.9. The number of para-hydroxylation sites is 1. The Morgan fingerprint density at radius 3 is 2.03 bits per heavy atom. The molecule has 0 aliphatic carbocycles. The Morgan fingerprint density at radius 2 is 1.46 bits per heavy atom. The highest BCUT2D eigenvalue weighted by molar-refractivity contribution is 7.89. The van der Waals surface area contributed by atoms with E-state index < -0.39 is 16.1 Å². The molecule has 184 valence electrons. The van der Waals surface area contributed by atoms with Gasteiger partial charge in [0.2, 0.25) is 15.9 Å². The highest BCUT2D eigenvalue weighted by atomic mass is 32.2. The van der Waals surface area contributed by atoms with Crippen molar-refractivity contribution >= 4 is 21.6 Å². The molecular weight excluding hydrogens is 462 g/mol. The zero-order valence-corrected chi connectivity index (χ0v) is 20.9. The Kier molecular flexibility index (Phi) is 7.73. The number of carbonyl (C=O) groups is 1. The zero-order chi connectivity index (χ0) is 24.8. The van der Waals surface area contributed by atoms with Crippen molar-refractivity contribution in [3.8, 4) is 5.75 Å². The number of ether oxygens (including phenoxy) is 1. The summed E-state index contributed by atoms with van der Waals surface area (Å²) in [4.78, 5) is 17.7. The third kappa shape index (κ3) is 5.66. The monoisotopic (exact) mass is 493 g/mol. The van der Waals surface area contributed by atoms with Gasteiger partial charge >= 0.3 is 0 Å². The second-order valence-electron chi connectivity index (χ2n) is 8.53. The summed E-state index contributed by atoms with van der Waals surface area (Å²) in [6.45, 7) is 2.67. The smallest absolute Gasteiger partial charge is 0.243 e. The van der Waals surface area contributed by atoms with Gasteiger partial charge in [0.05, 0.1) is 18.0 Å². The van der Waals surface area contributed by atoms with Crippen LogP contribution in [0, 0.1) is 0 Å². The number of sulfonamides is 1. The van der Waals surface area contributed by atoms with Gasteiger partial charge in [0.1, 0.15) is 5.75 Å². The Hall–Kier alpha value is -3.36. The summed E-state index contributed by atoms with van der Waals surface area (Å²) in [6, 6.07) is 25.0. The average molecular weight is 494 g/mol. The van der Waals surface area contributed by atoms with Crippen LogP contribution in [0.15, 0.2) is 89.8 Å². The maximum atomic E-state index is 13.4. The van der Waals surface area contributed by atoms with Crippen molar-refractivity contribution in [3.05, 3.63) is 90.5 Å². The first-order valence-electron chi connectivity index (χ1n) is 11.6. The Bertz CT molecular complexity index is 1210. The molecule has 1 amide bonds. The summed E-state index contributed by atoms with van der Waals surface area (Å²) in [6.07, 6.45) is 0.0558. The van der Waals surface area contributed by atoms with Crippen molar-refractivity contribution in [2.45, 2.75) is 17.4 Å². The molecule has 0 aromatic heterocycles. The number of anilines is 1. The number of rotatable bonds is 8. The molecule has 0 spiro atoms. The highest BCUT2D eigenvalue weighted by Crippen LogP contribution is 2.31. The van der Waals surface area contributed by atoms with Crippen LogP contribution in [0.5, 0.6) is 5.75 Å². The molecule has 0 N–H and O–H groups in total. The lowest BCUT2D eigenvalue weighted by molar-refractivity contribution is -0.132. The molecule has 35 heavy (non-hydrogen) atoms. The van der Waals surface area contributed by atoms with Crippen LogP contribution in [0.1, 0.15) is 18.0 Å². The van der Waals surface area contributed by atoms with E-state index in [1.807, 2.05) is 35.2 Å². The molecule has 1 aliphatic rings. The SMILES string of the molecule is COc1ccc([C@@H](CC(=O)N2CCN(c3ccccc3)CC2)N(C)S(=O)(=O)c2ccccc2)cc1. The predicted molar refractivity (Wildman–Crippen MR) is 137 cm³/mol. The first-order chi connectivity index (χ1) is 16.9. The molecule has 3 aromatic rings. The lowest BCUT2D eigenvalue weighted by Crippen LogP contribution is -2.49. The van der Waals surface area contributed by atoms with Gasteiger partial charge in [-0.25, -0.2) is 8.42 Å². The van der Waals surface area contributed by atoms with Crippen LogP contribution in [-0.2, 0) is 14.8 Å². The van der Waals surface area contributed by atoms with Crippen LogP contribution in [0.3, 0.4) is 0 Å². The molecule has 4 rings (SSSR count). The topological polar surface area (TPSA) is 70.2 Å². The van der Waals surface area contributed by atoms with Crippen molar-refractivity contribution < 1.29 is 17.9 Å². The van der Waals surface area contributed by atoms with Crippen LogP contribution >= 0.6 is 0 Å². The quantitative estimate of drug-likeness (QED) is 0.478. The van der Waals surface area contributed by atoms with Crippen molar-refractivity contribution in [2.24, 2.45) is 0 Å². The summed E-state index contributed by atoms with van der Waals surface area (Å²) in [5, 5.41) is 0. The molecule has 0 unspecified atom stereocenters. The standard InChI is InChI=1S/C27H31N3O4S/c1-28(35(32,33)25-11-7-4-8-12-25)26(22-13-15-24(34-2)16-14-22)21-27(31)30-19-17-29(18-20-30)23-9-5-3-6-10-23/h3-16,26H,17-21H2,1-2H3/t26-/m1/s1. The van der Waals surface area contributed by atoms with Gasteiger partial charge < -0.3 is 14.5 Å². The fourth-order valence-electron chi connectivity index (χ4n) is 4.36. The van der Waals surface area contributed by atoms with E-state index in [1.165, 1.54) is 11.4 Å². The predicted octanol–water partition coefficient (Wildman–Crippen LogP) is 3.80. The maximum absolute atomic E-state index is 13.4. The molecule has 1 aliphatic heterocycles. The van der Waals surface area contributed by atoms with E-state index in [1.54, 1.807) is 49.6 Å². The molecule has 1 fully saturated rings. The van der Waals surface area contributed by atoms with E-state index in [2.05, 4.69) is 17.0 Å². The van der Waals surface area contributed by atoms with E-state index in [4.69, 9.17) is 4.74 Å². The third-order valence-electron chi connectivity index (χ3n) is 6.48. The number of carbonyl (C=O) groups excluding carboxylic acids is 1. The zero-order valence-electron chi connectivity index (χ0n) is 20.1. The minimum absolute atomic E-state index is 0.0558. The molecule has 1 atom stereocenters. The average Bonchev–Trinajstić information content (AvgIpc) is 2.92. The molecule has 7 nitrogen and oxygen atoms in total. The second-order valence-corrected chi connectivity index (χ2v) is 10.5. The largest absolute Gasteiger partial charge is 0.497 e. The fraction of sp³-hybridized carbons (Fsp3) is 0.296. The number of nitrogens with zero attached hydrogens (tertiary/aromatic N) is 3. The number of hydrogen-bond acceptors (Lipinski definition) is 5. The molecule has 8 heteroatoms. The molecule has 0 saturated carbocycles. The van der Waals surface area contributed by atoms with Crippen molar-refractivity contribution in [1.82, 2.24) is 9.21 Å². The minimum Gasteiger partial charge on any atom is -0.497 e. The summed E-state index contributed by atoms with van der Waals surface area (Å²) in [5.74, 6) is 0.609. The highest BCUT2D eigenvalue weighted by Gasteiger charge is 2.32. The lowest BCUT2D eigenvalue weighted by atomic mass is 10.0.